The molecule has 0 bridgehead atoms. The van der Waals surface area contributed by atoms with Crippen molar-refractivity contribution in [2.45, 2.75) is 19.4 Å². The highest BCUT2D eigenvalue weighted by Crippen LogP contribution is 2.37. The first-order valence-corrected chi connectivity index (χ1v) is 6.50. The first-order chi connectivity index (χ1) is 9.16. The average molecular weight is 257 g/mol. The molecular weight excluding hydrogens is 241 g/mol. The van der Waals surface area contributed by atoms with Gasteiger partial charge in [0, 0.05) is 23.9 Å². The van der Waals surface area contributed by atoms with E-state index in [0.29, 0.717) is 0 Å². The molecule has 2 aromatic rings. The first-order valence-electron chi connectivity index (χ1n) is 6.50. The van der Waals surface area contributed by atoms with Crippen LogP contribution in [0, 0.1) is 5.82 Å². The quantitative estimate of drug-likeness (QED) is 0.887. The predicted octanol–water partition coefficient (Wildman–Crippen LogP) is 3.66. The molecule has 19 heavy (non-hydrogen) atoms. The molecule has 2 nitrogen and oxygen atoms in total. The van der Waals surface area contributed by atoms with Gasteiger partial charge in [0.05, 0.1) is 6.04 Å². The molecule has 3 heteroatoms. The van der Waals surface area contributed by atoms with Gasteiger partial charge in [-0.05, 0) is 31.0 Å². The zero-order chi connectivity index (χ0) is 13.4. The van der Waals surface area contributed by atoms with E-state index in [-0.39, 0.29) is 11.8 Å². The fourth-order valence-electron chi connectivity index (χ4n) is 2.80. The van der Waals surface area contributed by atoms with Gasteiger partial charge < -0.3 is 10.0 Å². The van der Waals surface area contributed by atoms with Crippen LogP contribution in [-0.2, 0) is 6.42 Å². The van der Waals surface area contributed by atoms with Crippen LogP contribution >= 0.6 is 0 Å². The number of halogens is 1. The van der Waals surface area contributed by atoms with E-state index in [2.05, 4.69) is 17.0 Å². The van der Waals surface area contributed by atoms with Gasteiger partial charge in [0.25, 0.3) is 0 Å². The van der Waals surface area contributed by atoms with Crippen LogP contribution in [0.4, 0.5) is 10.1 Å². The summed E-state index contributed by atoms with van der Waals surface area (Å²) in [5.41, 5.74) is 3.30. The van der Waals surface area contributed by atoms with E-state index in [1.54, 1.807) is 6.07 Å². The van der Waals surface area contributed by atoms with Crippen molar-refractivity contribution in [3.63, 3.8) is 0 Å². The van der Waals surface area contributed by atoms with Crippen LogP contribution in [0.15, 0.2) is 42.5 Å². The molecule has 2 aromatic carbocycles. The standard InChI is InChI=1S/C16H16FNO/c1-11(14-7-6-13(17)10-16(14)19)18-9-8-12-4-2-3-5-15(12)18/h2-7,10-11,19H,8-9H2,1H3. The molecule has 1 heterocycles. The number of phenols is 1. The third kappa shape index (κ3) is 2.05. The molecule has 0 aliphatic carbocycles. The summed E-state index contributed by atoms with van der Waals surface area (Å²) in [4.78, 5) is 2.25. The van der Waals surface area contributed by atoms with Crippen LogP contribution in [0.1, 0.15) is 24.1 Å². The molecule has 98 valence electrons. The number of anilines is 1. The Balaban J connectivity index is 1.95. The lowest BCUT2D eigenvalue weighted by Gasteiger charge is -2.28. The molecule has 0 amide bonds. The highest BCUT2D eigenvalue weighted by Gasteiger charge is 2.25. The van der Waals surface area contributed by atoms with Crippen LogP contribution in [0.5, 0.6) is 5.75 Å². The van der Waals surface area contributed by atoms with Gasteiger partial charge in [-0.25, -0.2) is 4.39 Å². The largest absolute Gasteiger partial charge is 0.507 e. The second kappa shape index (κ2) is 4.57. The smallest absolute Gasteiger partial charge is 0.126 e. The minimum Gasteiger partial charge on any atom is -0.507 e. The van der Waals surface area contributed by atoms with E-state index < -0.39 is 5.82 Å². The molecule has 0 aromatic heterocycles. The number of aromatic hydroxyl groups is 1. The molecule has 0 saturated carbocycles. The molecule has 0 saturated heterocycles. The van der Waals surface area contributed by atoms with Crippen molar-refractivity contribution < 1.29 is 9.50 Å². The Labute approximate surface area is 112 Å². The number of fused-ring (bicyclic) bond motifs is 1. The van der Waals surface area contributed by atoms with Crippen molar-refractivity contribution in [3.8, 4) is 5.75 Å². The van der Waals surface area contributed by atoms with E-state index in [9.17, 15) is 9.50 Å². The summed E-state index contributed by atoms with van der Waals surface area (Å²) in [6.07, 6.45) is 1.02. The molecule has 0 radical (unpaired) electrons. The summed E-state index contributed by atoms with van der Waals surface area (Å²) in [5, 5.41) is 9.90. The topological polar surface area (TPSA) is 23.5 Å². The number of nitrogens with zero attached hydrogens (tertiary/aromatic N) is 1. The van der Waals surface area contributed by atoms with E-state index >= 15 is 0 Å². The van der Waals surface area contributed by atoms with E-state index in [1.807, 2.05) is 19.1 Å². The highest BCUT2D eigenvalue weighted by molar-refractivity contribution is 5.60. The summed E-state index contributed by atoms with van der Waals surface area (Å²) in [7, 11) is 0. The maximum atomic E-state index is 13.1. The van der Waals surface area contributed by atoms with Gasteiger partial charge in [0.2, 0.25) is 0 Å². The molecule has 0 fully saturated rings. The first kappa shape index (κ1) is 12.0. The lowest BCUT2D eigenvalue weighted by Crippen LogP contribution is -2.24. The van der Waals surface area contributed by atoms with E-state index in [0.717, 1.165) is 18.5 Å². The van der Waals surface area contributed by atoms with Gasteiger partial charge in [-0.15, -0.1) is 0 Å². The fourth-order valence-corrected chi connectivity index (χ4v) is 2.80. The minimum atomic E-state index is -0.407. The molecule has 1 unspecified atom stereocenters. The van der Waals surface area contributed by atoms with Crippen LogP contribution in [0.25, 0.3) is 0 Å². The van der Waals surface area contributed by atoms with Gasteiger partial charge in [-0.3, -0.25) is 0 Å². The minimum absolute atomic E-state index is 0.0249. The molecule has 3 rings (SSSR count). The van der Waals surface area contributed by atoms with Gasteiger partial charge in [-0.1, -0.05) is 24.3 Å². The summed E-state index contributed by atoms with van der Waals surface area (Å²) in [5.74, 6) is -0.382. The van der Waals surface area contributed by atoms with Crippen LogP contribution in [0.2, 0.25) is 0 Å². The molecule has 1 aliphatic heterocycles. The second-order valence-corrected chi connectivity index (χ2v) is 4.95. The molecule has 1 aliphatic rings. The van der Waals surface area contributed by atoms with Crippen molar-refractivity contribution in [2.75, 3.05) is 11.4 Å². The third-order valence-corrected chi connectivity index (χ3v) is 3.83. The van der Waals surface area contributed by atoms with E-state index in [4.69, 9.17) is 0 Å². The van der Waals surface area contributed by atoms with Gasteiger partial charge in [0.15, 0.2) is 0 Å². The summed E-state index contributed by atoms with van der Waals surface area (Å²) in [6.45, 7) is 2.96. The van der Waals surface area contributed by atoms with E-state index in [1.165, 1.54) is 23.4 Å². The predicted molar refractivity (Wildman–Crippen MR) is 74.0 cm³/mol. The lowest BCUT2D eigenvalue weighted by atomic mass is 10.1. The Bertz CT molecular complexity index is 611. The number of para-hydroxylation sites is 1. The maximum Gasteiger partial charge on any atom is 0.126 e. The SMILES string of the molecule is CC(c1ccc(F)cc1O)N1CCc2ccccc21. The third-order valence-electron chi connectivity index (χ3n) is 3.83. The van der Waals surface area contributed by atoms with Crippen LogP contribution in [-0.4, -0.2) is 11.7 Å². The normalized spacial score (nSPS) is 15.4. The molecular formula is C16H16FNO. The summed E-state index contributed by atoms with van der Waals surface area (Å²) < 4.78 is 13.1. The number of rotatable bonds is 2. The fraction of sp³-hybridized carbons (Fsp3) is 0.250. The number of hydrogen-bond acceptors (Lipinski definition) is 2. The van der Waals surface area contributed by atoms with Crippen LogP contribution < -0.4 is 4.90 Å². The molecule has 1 atom stereocenters. The number of hydrogen-bond donors (Lipinski definition) is 1. The Kier molecular flexibility index (Phi) is 2.90. The van der Waals surface area contributed by atoms with Crippen LogP contribution in [0.3, 0.4) is 0 Å². The Morgan fingerprint density at radius 1 is 1.21 bits per heavy atom. The van der Waals surface area contributed by atoms with Crippen molar-refractivity contribution in [2.24, 2.45) is 0 Å². The zero-order valence-electron chi connectivity index (χ0n) is 10.8. The van der Waals surface area contributed by atoms with Crippen molar-refractivity contribution >= 4 is 5.69 Å². The zero-order valence-corrected chi connectivity index (χ0v) is 10.8. The summed E-state index contributed by atoms with van der Waals surface area (Å²) in [6, 6.07) is 12.6. The average Bonchev–Trinajstić information content (AvgIpc) is 2.82. The van der Waals surface area contributed by atoms with Crippen molar-refractivity contribution in [1.82, 2.24) is 0 Å². The Morgan fingerprint density at radius 3 is 2.79 bits per heavy atom. The van der Waals surface area contributed by atoms with Gasteiger partial charge >= 0.3 is 0 Å². The lowest BCUT2D eigenvalue weighted by molar-refractivity contribution is 0.455. The number of benzene rings is 2. The highest BCUT2D eigenvalue weighted by atomic mass is 19.1. The Morgan fingerprint density at radius 2 is 2.00 bits per heavy atom. The van der Waals surface area contributed by atoms with Gasteiger partial charge in [0.1, 0.15) is 11.6 Å². The Hall–Kier alpha value is -2.03. The molecule has 1 N–H and O–H groups in total. The number of phenolic OH excluding ortho intramolecular Hbond substituents is 1. The van der Waals surface area contributed by atoms with Crippen molar-refractivity contribution in [1.29, 1.82) is 0 Å². The van der Waals surface area contributed by atoms with Crippen molar-refractivity contribution in [3.05, 3.63) is 59.4 Å². The molecule has 0 spiro atoms. The maximum absolute atomic E-state index is 13.1. The monoisotopic (exact) mass is 257 g/mol. The summed E-state index contributed by atoms with van der Waals surface area (Å²) >= 11 is 0. The second-order valence-electron chi connectivity index (χ2n) is 4.95. The van der Waals surface area contributed by atoms with Gasteiger partial charge in [-0.2, -0.15) is 0 Å².